The van der Waals surface area contributed by atoms with Gasteiger partial charge in [-0.2, -0.15) is 13.2 Å². The lowest BCUT2D eigenvalue weighted by Crippen LogP contribution is -2.51. The van der Waals surface area contributed by atoms with Crippen LogP contribution in [0.25, 0.3) is 0 Å². The van der Waals surface area contributed by atoms with E-state index in [-0.39, 0.29) is 25.3 Å². The first kappa shape index (κ1) is 15.6. The molecule has 0 aliphatic carbocycles. The Kier molecular flexibility index (Phi) is 4.72. The zero-order chi connectivity index (χ0) is 15.5. The quantitative estimate of drug-likeness (QED) is 0.907. The number of halogens is 3. The first-order chi connectivity index (χ1) is 9.90. The zero-order valence-corrected chi connectivity index (χ0v) is 11.6. The molecule has 0 saturated carbocycles. The van der Waals surface area contributed by atoms with E-state index in [1.807, 2.05) is 6.92 Å². The van der Waals surface area contributed by atoms with Crippen molar-refractivity contribution in [3.63, 3.8) is 0 Å². The highest BCUT2D eigenvalue weighted by atomic mass is 19.4. The van der Waals surface area contributed by atoms with Crippen molar-refractivity contribution in [2.45, 2.75) is 32.0 Å². The summed E-state index contributed by atoms with van der Waals surface area (Å²) >= 11 is 0. The van der Waals surface area contributed by atoms with Crippen LogP contribution in [-0.4, -0.2) is 36.3 Å². The van der Waals surface area contributed by atoms with Crippen molar-refractivity contribution >= 4 is 5.91 Å². The predicted octanol–water partition coefficient (Wildman–Crippen LogP) is 2.30. The van der Waals surface area contributed by atoms with Gasteiger partial charge in [-0.05, 0) is 31.0 Å². The maximum Gasteiger partial charge on any atom is 0.406 e. The van der Waals surface area contributed by atoms with Crippen molar-refractivity contribution in [3.05, 3.63) is 29.8 Å². The Balaban J connectivity index is 2.15. The van der Waals surface area contributed by atoms with Crippen molar-refractivity contribution in [1.29, 1.82) is 0 Å². The molecule has 1 amide bonds. The van der Waals surface area contributed by atoms with Crippen molar-refractivity contribution in [3.8, 4) is 5.75 Å². The largest absolute Gasteiger partial charge is 0.494 e. The van der Waals surface area contributed by atoms with Gasteiger partial charge in [0.2, 0.25) is 5.91 Å². The second-order valence-electron chi connectivity index (χ2n) is 4.82. The lowest BCUT2D eigenvalue weighted by molar-refractivity contribution is -0.187. The summed E-state index contributed by atoms with van der Waals surface area (Å²) in [5.74, 6) is 0.161. The van der Waals surface area contributed by atoms with Crippen LogP contribution in [0.3, 0.4) is 0 Å². The molecule has 1 aromatic rings. The number of carbonyl (C=O) groups is 1. The lowest BCUT2D eigenvalue weighted by atomic mass is 10.0. The van der Waals surface area contributed by atoms with Crippen molar-refractivity contribution < 1.29 is 22.7 Å². The van der Waals surface area contributed by atoms with Gasteiger partial charge in [0.1, 0.15) is 11.8 Å². The van der Waals surface area contributed by atoms with E-state index in [0.717, 1.165) is 5.01 Å². The third-order valence-corrected chi connectivity index (χ3v) is 3.24. The van der Waals surface area contributed by atoms with Crippen LogP contribution in [0, 0.1) is 0 Å². The Hall–Kier alpha value is -1.76. The zero-order valence-electron chi connectivity index (χ0n) is 11.6. The maximum atomic E-state index is 13.2. The second-order valence-corrected chi connectivity index (χ2v) is 4.82. The highest BCUT2D eigenvalue weighted by Gasteiger charge is 2.45. The number of benzene rings is 1. The fraction of sp³-hybridized carbons (Fsp3) is 0.500. The van der Waals surface area contributed by atoms with Gasteiger partial charge in [-0.25, -0.2) is 5.01 Å². The van der Waals surface area contributed by atoms with Gasteiger partial charge in [-0.3, -0.25) is 10.2 Å². The number of nitrogens with one attached hydrogen (secondary N) is 1. The molecule has 21 heavy (non-hydrogen) atoms. The summed E-state index contributed by atoms with van der Waals surface area (Å²) in [5.41, 5.74) is 2.78. The Morgan fingerprint density at radius 3 is 2.76 bits per heavy atom. The molecule has 1 aliphatic rings. The van der Waals surface area contributed by atoms with E-state index in [0.29, 0.717) is 17.9 Å². The minimum atomic E-state index is -4.42. The van der Waals surface area contributed by atoms with Crippen LogP contribution in [0.15, 0.2) is 24.3 Å². The molecule has 116 valence electrons. The summed E-state index contributed by atoms with van der Waals surface area (Å²) in [4.78, 5) is 11.1. The third-order valence-electron chi connectivity index (χ3n) is 3.24. The SMILES string of the molecule is CCOc1cccc(C[C@H](N2CCC(=O)N2)C(F)(F)F)c1. The molecule has 1 aromatic carbocycles. The molecule has 0 spiro atoms. The van der Waals surface area contributed by atoms with Crippen molar-refractivity contribution in [2.75, 3.05) is 13.2 Å². The van der Waals surface area contributed by atoms with E-state index >= 15 is 0 Å². The fourth-order valence-electron chi connectivity index (χ4n) is 2.28. The summed E-state index contributed by atoms with van der Waals surface area (Å²) in [6.45, 7) is 2.33. The van der Waals surface area contributed by atoms with E-state index in [4.69, 9.17) is 4.74 Å². The minimum Gasteiger partial charge on any atom is -0.494 e. The number of hydrogen-bond acceptors (Lipinski definition) is 3. The highest BCUT2D eigenvalue weighted by molar-refractivity contribution is 5.77. The van der Waals surface area contributed by atoms with E-state index in [9.17, 15) is 18.0 Å². The Bertz CT molecular complexity index is 505. The molecule has 0 radical (unpaired) electrons. The number of alkyl halides is 3. The Morgan fingerprint density at radius 1 is 1.43 bits per heavy atom. The molecule has 2 rings (SSSR count). The average molecular weight is 302 g/mol. The van der Waals surface area contributed by atoms with Crippen LogP contribution in [0.2, 0.25) is 0 Å². The van der Waals surface area contributed by atoms with Gasteiger partial charge in [0.05, 0.1) is 6.61 Å². The number of hydrogen-bond donors (Lipinski definition) is 1. The van der Waals surface area contributed by atoms with E-state index in [1.165, 1.54) is 0 Å². The molecular formula is C14H17F3N2O2. The number of hydrazine groups is 1. The monoisotopic (exact) mass is 302 g/mol. The van der Waals surface area contributed by atoms with Gasteiger partial charge in [0.25, 0.3) is 0 Å². The summed E-state index contributed by atoms with van der Waals surface area (Å²) < 4.78 is 44.9. The molecule has 1 aliphatic heterocycles. The molecule has 4 nitrogen and oxygen atoms in total. The molecule has 0 unspecified atom stereocenters. The molecule has 1 atom stereocenters. The predicted molar refractivity (Wildman–Crippen MR) is 70.6 cm³/mol. The summed E-state index contributed by atoms with van der Waals surface area (Å²) in [7, 11) is 0. The molecule has 1 fully saturated rings. The number of ether oxygens (including phenoxy) is 1. The van der Waals surface area contributed by atoms with Gasteiger partial charge in [0.15, 0.2) is 0 Å². The molecule has 1 heterocycles. The second kappa shape index (κ2) is 6.34. The third kappa shape index (κ3) is 4.10. The molecule has 0 aromatic heterocycles. The van der Waals surface area contributed by atoms with Crippen LogP contribution in [-0.2, 0) is 11.2 Å². The first-order valence-corrected chi connectivity index (χ1v) is 6.74. The number of rotatable bonds is 5. The summed E-state index contributed by atoms with van der Waals surface area (Å²) in [5, 5.41) is 0.968. The molecule has 1 N–H and O–H groups in total. The molecule has 0 bridgehead atoms. The van der Waals surface area contributed by atoms with Crippen molar-refractivity contribution in [2.24, 2.45) is 0 Å². The van der Waals surface area contributed by atoms with Crippen LogP contribution < -0.4 is 10.2 Å². The van der Waals surface area contributed by atoms with E-state index in [1.54, 1.807) is 24.3 Å². The average Bonchev–Trinajstić information content (AvgIpc) is 2.82. The Morgan fingerprint density at radius 2 is 2.19 bits per heavy atom. The minimum absolute atomic E-state index is 0.0637. The fourth-order valence-corrected chi connectivity index (χ4v) is 2.28. The molecule has 7 heteroatoms. The van der Waals surface area contributed by atoms with E-state index < -0.39 is 12.2 Å². The lowest BCUT2D eigenvalue weighted by Gasteiger charge is -2.29. The topological polar surface area (TPSA) is 41.6 Å². The molecule has 1 saturated heterocycles. The van der Waals surface area contributed by atoms with E-state index in [2.05, 4.69) is 5.43 Å². The Labute approximate surface area is 120 Å². The van der Waals surface area contributed by atoms with Gasteiger partial charge in [-0.1, -0.05) is 12.1 Å². The van der Waals surface area contributed by atoms with Gasteiger partial charge in [0, 0.05) is 13.0 Å². The normalized spacial score (nSPS) is 17.6. The van der Waals surface area contributed by atoms with Crippen LogP contribution >= 0.6 is 0 Å². The van der Waals surface area contributed by atoms with Gasteiger partial charge < -0.3 is 4.74 Å². The van der Waals surface area contributed by atoms with Gasteiger partial charge >= 0.3 is 6.18 Å². The number of carbonyl (C=O) groups excluding carboxylic acids is 1. The smallest absolute Gasteiger partial charge is 0.406 e. The van der Waals surface area contributed by atoms with Gasteiger partial charge in [-0.15, -0.1) is 0 Å². The van der Waals surface area contributed by atoms with Crippen molar-refractivity contribution in [1.82, 2.24) is 10.4 Å². The highest BCUT2D eigenvalue weighted by Crippen LogP contribution is 2.29. The first-order valence-electron chi connectivity index (χ1n) is 6.74. The summed E-state index contributed by atoms with van der Waals surface area (Å²) in [6, 6.07) is 4.85. The number of amides is 1. The van der Waals surface area contributed by atoms with Crippen LogP contribution in [0.1, 0.15) is 18.9 Å². The number of nitrogens with zero attached hydrogens (tertiary/aromatic N) is 1. The van der Waals surface area contributed by atoms with Crippen LogP contribution in [0.5, 0.6) is 5.75 Å². The maximum absolute atomic E-state index is 13.2. The molecular weight excluding hydrogens is 285 g/mol. The standard InChI is InChI=1S/C14H17F3N2O2/c1-2-21-11-5-3-4-10(8-11)9-12(14(15,16)17)19-7-6-13(20)18-19/h3-5,8,12H,2,6-7,9H2,1H3,(H,18,20)/t12-/m0/s1. The summed E-state index contributed by atoms with van der Waals surface area (Å²) in [6.07, 6.45) is -4.56. The van der Waals surface area contributed by atoms with Crippen LogP contribution in [0.4, 0.5) is 13.2 Å².